The first-order chi connectivity index (χ1) is 10.8. The molecule has 132 valence electrons. The fourth-order valence-corrected chi connectivity index (χ4v) is 5.05. The van der Waals surface area contributed by atoms with Gasteiger partial charge in [-0.15, -0.1) is 0 Å². The number of nitrogens with zero attached hydrogens (tertiary/aromatic N) is 1. The number of thiocarbonyl (C=S) groups is 1. The van der Waals surface area contributed by atoms with Gasteiger partial charge in [-0.05, 0) is 63.2 Å². The first-order valence-corrected chi connectivity index (χ1v) is 10.3. The highest BCUT2D eigenvalue weighted by molar-refractivity contribution is 7.80. The molecule has 0 bridgehead atoms. The molecule has 2 aliphatic heterocycles. The Morgan fingerprint density at radius 2 is 2.00 bits per heavy atom. The maximum absolute atomic E-state index is 6.60. The molecule has 0 aromatic carbocycles. The van der Waals surface area contributed by atoms with Crippen molar-refractivity contribution in [2.24, 2.45) is 17.6 Å². The van der Waals surface area contributed by atoms with Crippen LogP contribution in [0.3, 0.4) is 0 Å². The third-order valence-corrected chi connectivity index (χ3v) is 6.44. The smallest absolute Gasteiger partial charge is 0.145 e. The van der Waals surface area contributed by atoms with Gasteiger partial charge in [-0.2, -0.15) is 0 Å². The summed E-state index contributed by atoms with van der Waals surface area (Å²) in [5, 5.41) is 0. The fraction of sp³-hybridized carbons (Fsp3) is 0.947. The van der Waals surface area contributed by atoms with Gasteiger partial charge in [-0.3, -0.25) is 0 Å². The normalized spacial score (nSPS) is 31.4. The van der Waals surface area contributed by atoms with Gasteiger partial charge in [0.25, 0.3) is 0 Å². The second-order valence-electron chi connectivity index (χ2n) is 8.86. The zero-order valence-corrected chi connectivity index (χ0v) is 16.6. The van der Waals surface area contributed by atoms with Crippen molar-refractivity contribution in [2.75, 3.05) is 0 Å². The van der Waals surface area contributed by atoms with E-state index in [9.17, 15) is 0 Å². The number of hydrogen-bond acceptors (Lipinski definition) is 2. The molecule has 2 fully saturated rings. The Hall–Kier alpha value is -0.0851. The topological polar surface area (TPSA) is 29.3 Å². The average molecular weight is 336 g/mol. The Kier molecular flexibility index (Phi) is 6.97. The lowest BCUT2D eigenvalue weighted by molar-refractivity contribution is 0.130. The lowest BCUT2D eigenvalue weighted by Gasteiger charge is -2.49. The van der Waals surface area contributed by atoms with Gasteiger partial charge in [0.15, 0.2) is 0 Å². The summed E-state index contributed by atoms with van der Waals surface area (Å²) in [7, 11) is 1.23. The molecule has 3 atom stereocenters. The van der Waals surface area contributed by atoms with E-state index in [2.05, 4.69) is 32.6 Å². The zero-order chi connectivity index (χ0) is 17.0. The van der Waals surface area contributed by atoms with E-state index in [1.165, 1.54) is 63.5 Å². The van der Waals surface area contributed by atoms with Gasteiger partial charge in [-0.1, -0.05) is 51.6 Å². The van der Waals surface area contributed by atoms with E-state index in [-0.39, 0.29) is 5.44 Å². The molecule has 3 unspecified atom stereocenters. The van der Waals surface area contributed by atoms with Crippen LogP contribution in [-0.4, -0.2) is 34.7 Å². The Balaban J connectivity index is 2.00. The molecule has 2 nitrogen and oxygen atoms in total. The minimum Gasteiger partial charge on any atom is -0.360 e. The molecular weight excluding hydrogens is 299 g/mol. The van der Waals surface area contributed by atoms with Gasteiger partial charge in [0.2, 0.25) is 0 Å². The third kappa shape index (κ3) is 5.19. The lowest BCUT2D eigenvalue weighted by Crippen LogP contribution is -2.58. The van der Waals surface area contributed by atoms with Gasteiger partial charge in [0, 0.05) is 12.1 Å². The highest BCUT2D eigenvalue weighted by atomic mass is 32.1. The Labute approximate surface area is 150 Å². The number of likely N-dealkylation sites (tertiary alicyclic amines) is 1. The predicted octanol–water partition coefficient (Wildman–Crippen LogP) is 4.32. The molecule has 0 amide bonds. The first-order valence-electron chi connectivity index (χ1n) is 9.92. The van der Waals surface area contributed by atoms with Gasteiger partial charge >= 0.3 is 0 Å². The molecular formula is C19H37BN2S. The van der Waals surface area contributed by atoms with Crippen molar-refractivity contribution in [3.63, 3.8) is 0 Å². The van der Waals surface area contributed by atoms with Crippen LogP contribution in [0.1, 0.15) is 79.1 Å². The van der Waals surface area contributed by atoms with Crippen LogP contribution < -0.4 is 5.73 Å². The monoisotopic (exact) mass is 336 g/mol. The van der Waals surface area contributed by atoms with Crippen molar-refractivity contribution in [3.8, 4) is 0 Å². The van der Waals surface area contributed by atoms with Gasteiger partial charge in [0.05, 0.1) is 4.99 Å². The summed E-state index contributed by atoms with van der Waals surface area (Å²) in [6.07, 6.45) is 11.5. The van der Waals surface area contributed by atoms with Crippen LogP contribution in [-0.2, 0) is 0 Å². The number of nitrogens with two attached hydrogens (primary N) is 1. The minimum absolute atomic E-state index is 0.141. The predicted molar refractivity (Wildman–Crippen MR) is 107 cm³/mol. The van der Waals surface area contributed by atoms with E-state index in [0.29, 0.717) is 12.1 Å². The summed E-state index contributed by atoms with van der Waals surface area (Å²) in [5.41, 5.74) is 6.74. The van der Waals surface area contributed by atoms with Crippen LogP contribution in [0.2, 0.25) is 6.32 Å². The van der Waals surface area contributed by atoms with Crippen molar-refractivity contribution < 1.29 is 0 Å². The van der Waals surface area contributed by atoms with Gasteiger partial charge in [0.1, 0.15) is 7.28 Å². The van der Waals surface area contributed by atoms with Crippen LogP contribution in [0, 0.1) is 11.8 Å². The third-order valence-electron chi connectivity index (χ3n) is 6.02. The Morgan fingerprint density at radius 1 is 1.30 bits per heavy atom. The molecule has 2 heterocycles. The number of hydrogen-bond donors (Lipinski definition) is 1. The van der Waals surface area contributed by atoms with Crippen LogP contribution in [0.4, 0.5) is 0 Å². The Morgan fingerprint density at radius 3 is 2.52 bits per heavy atom. The molecule has 0 saturated carbocycles. The van der Waals surface area contributed by atoms with E-state index >= 15 is 0 Å². The number of unbranched alkanes of at least 4 members (excludes halogenated alkanes) is 1. The highest BCUT2D eigenvalue weighted by Gasteiger charge is 2.41. The molecule has 2 saturated heterocycles. The SMILES string of the molecule is CC(C)CCCCC1C(CC2(N)BCC2)CCC(=S)N1C(C)C. The van der Waals surface area contributed by atoms with E-state index in [1.807, 2.05) is 0 Å². The minimum atomic E-state index is 0.141. The molecule has 23 heavy (non-hydrogen) atoms. The molecule has 0 aromatic heterocycles. The molecule has 0 aromatic rings. The first kappa shape index (κ1) is 19.2. The maximum Gasteiger partial charge on any atom is 0.145 e. The van der Waals surface area contributed by atoms with E-state index in [1.54, 1.807) is 0 Å². The van der Waals surface area contributed by atoms with E-state index in [4.69, 9.17) is 18.0 Å². The second kappa shape index (κ2) is 8.33. The standard InChI is InChI=1S/C19H37BN2S/c1-14(2)7-5-6-8-17-16(13-19(21)11-12-20-19)9-10-18(23)22(17)15(3)4/h14-17,20H,5-13,21H2,1-4H3. The summed E-state index contributed by atoms with van der Waals surface area (Å²) in [4.78, 5) is 3.77. The fourth-order valence-electron chi connectivity index (χ4n) is 4.59. The summed E-state index contributed by atoms with van der Waals surface area (Å²) >= 11 is 5.73. The zero-order valence-electron chi connectivity index (χ0n) is 15.8. The maximum atomic E-state index is 6.60. The van der Waals surface area contributed by atoms with Crippen molar-refractivity contribution >= 4 is 24.5 Å². The van der Waals surface area contributed by atoms with Gasteiger partial charge in [-0.25, -0.2) is 0 Å². The lowest BCUT2D eigenvalue weighted by atomic mass is 9.40. The Bertz CT molecular complexity index is 393. The molecule has 0 spiro atoms. The summed E-state index contributed by atoms with van der Waals surface area (Å²) < 4.78 is 0. The quantitative estimate of drug-likeness (QED) is 0.406. The molecule has 2 aliphatic rings. The summed E-state index contributed by atoms with van der Waals surface area (Å²) in [6.45, 7) is 9.26. The molecule has 2 N–H and O–H groups in total. The van der Waals surface area contributed by atoms with Crippen molar-refractivity contribution in [3.05, 3.63) is 0 Å². The molecule has 2 rings (SSSR count). The van der Waals surface area contributed by atoms with E-state index < -0.39 is 0 Å². The van der Waals surface area contributed by atoms with Crippen molar-refractivity contribution in [1.82, 2.24) is 4.90 Å². The summed E-state index contributed by atoms with van der Waals surface area (Å²) in [5.74, 6) is 1.56. The molecule has 4 heteroatoms. The van der Waals surface area contributed by atoms with Crippen LogP contribution >= 0.6 is 12.2 Å². The van der Waals surface area contributed by atoms with Gasteiger partial charge < -0.3 is 10.6 Å². The van der Waals surface area contributed by atoms with E-state index in [0.717, 1.165) is 18.3 Å². The highest BCUT2D eigenvalue weighted by Crippen LogP contribution is 2.38. The largest absolute Gasteiger partial charge is 0.360 e. The van der Waals surface area contributed by atoms with Crippen LogP contribution in [0.25, 0.3) is 0 Å². The number of piperidine rings is 1. The second-order valence-corrected chi connectivity index (χ2v) is 9.33. The molecule has 0 radical (unpaired) electrons. The van der Waals surface area contributed by atoms with Crippen LogP contribution in [0.5, 0.6) is 0 Å². The average Bonchev–Trinajstić information content (AvgIpc) is 2.43. The van der Waals surface area contributed by atoms with Crippen molar-refractivity contribution in [1.29, 1.82) is 0 Å². The molecule has 0 aliphatic carbocycles. The number of rotatable bonds is 8. The summed E-state index contributed by atoms with van der Waals surface area (Å²) in [6, 6.07) is 1.15. The van der Waals surface area contributed by atoms with Crippen LogP contribution in [0.15, 0.2) is 0 Å². The van der Waals surface area contributed by atoms with Crippen molar-refractivity contribution in [2.45, 2.75) is 103 Å².